The fraction of sp³-hybridized carbons (Fsp3) is 0.462. The van der Waals surface area contributed by atoms with Gasteiger partial charge in [-0.3, -0.25) is 10.3 Å². The van der Waals surface area contributed by atoms with Crippen LogP contribution in [0.4, 0.5) is 17.6 Å². The van der Waals surface area contributed by atoms with Crippen LogP contribution in [0.1, 0.15) is 24.0 Å². The summed E-state index contributed by atoms with van der Waals surface area (Å²) in [6.07, 6.45) is -2.82. The molecular formula is C13H15F4N3. The summed E-state index contributed by atoms with van der Waals surface area (Å²) in [6, 6.07) is 3.63. The molecule has 0 atom stereocenters. The SMILES string of the molecule is N=C(N)c1cc(F)cc(CN(CC(F)(F)F)C2CC2)c1. The predicted molar refractivity (Wildman–Crippen MR) is 66.9 cm³/mol. The van der Waals surface area contributed by atoms with E-state index in [1.54, 1.807) is 0 Å². The van der Waals surface area contributed by atoms with Crippen molar-refractivity contribution in [2.24, 2.45) is 5.73 Å². The fourth-order valence-electron chi connectivity index (χ4n) is 2.12. The van der Waals surface area contributed by atoms with E-state index in [2.05, 4.69) is 0 Å². The van der Waals surface area contributed by atoms with Crippen LogP contribution in [-0.4, -0.2) is 29.5 Å². The normalized spacial score (nSPS) is 15.7. The van der Waals surface area contributed by atoms with Crippen molar-refractivity contribution in [1.82, 2.24) is 4.90 Å². The highest BCUT2D eigenvalue weighted by molar-refractivity contribution is 5.95. The zero-order valence-corrected chi connectivity index (χ0v) is 10.7. The fourth-order valence-corrected chi connectivity index (χ4v) is 2.12. The maximum atomic E-state index is 13.4. The first-order valence-corrected chi connectivity index (χ1v) is 6.19. The number of halogens is 4. The number of nitrogens with two attached hydrogens (primary N) is 1. The molecule has 1 aromatic rings. The van der Waals surface area contributed by atoms with E-state index >= 15 is 0 Å². The lowest BCUT2D eigenvalue weighted by Crippen LogP contribution is -2.35. The molecule has 1 fully saturated rings. The summed E-state index contributed by atoms with van der Waals surface area (Å²) in [7, 11) is 0. The molecule has 110 valence electrons. The molecule has 0 saturated heterocycles. The number of nitrogens with zero attached hydrogens (tertiary/aromatic N) is 1. The van der Waals surface area contributed by atoms with Crippen molar-refractivity contribution in [3.8, 4) is 0 Å². The Bertz CT molecular complexity index is 509. The van der Waals surface area contributed by atoms with Gasteiger partial charge in [-0.25, -0.2) is 4.39 Å². The van der Waals surface area contributed by atoms with Crippen LogP contribution in [0.15, 0.2) is 18.2 Å². The molecule has 0 amide bonds. The second kappa shape index (κ2) is 5.40. The van der Waals surface area contributed by atoms with Crippen molar-refractivity contribution >= 4 is 5.84 Å². The molecule has 20 heavy (non-hydrogen) atoms. The summed E-state index contributed by atoms with van der Waals surface area (Å²) < 4.78 is 50.9. The minimum Gasteiger partial charge on any atom is -0.384 e. The molecule has 0 spiro atoms. The molecule has 3 nitrogen and oxygen atoms in total. The third kappa shape index (κ3) is 4.19. The molecule has 1 aliphatic carbocycles. The zero-order valence-electron chi connectivity index (χ0n) is 10.7. The van der Waals surface area contributed by atoms with Crippen LogP contribution < -0.4 is 5.73 Å². The van der Waals surface area contributed by atoms with Gasteiger partial charge in [0.1, 0.15) is 11.7 Å². The number of hydrogen-bond acceptors (Lipinski definition) is 2. The first kappa shape index (κ1) is 14.8. The number of alkyl halides is 3. The Morgan fingerprint density at radius 2 is 1.95 bits per heavy atom. The van der Waals surface area contributed by atoms with Crippen molar-refractivity contribution < 1.29 is 17.6 Å². The van der Waals surface area contributed by atoms with E-state index in [0.29, 0.717) is 5.56 Å². The molecule has 0 heterocycles. The van der Waals surface area contributed by atoms with Gasteiger partial charge in [-0.15, -0.1) is 0 Å². The van der Waals surface area contributed by atoms with Gasteiger partial charge in [-0.1, -0.05) is 0 Å². The summed E-state index contributed by atoms with van der Waals surface area (Å²) in [5, 5.41) is 7.27. The van der Waals surface area contributed by atoms with Gasteiger partial charge in [-0.2, -0.15) is 13.2 Å². The monoisotopic (exact) mass is 289 g/mol. The van der Waals surface area contributed by atoms with Crippen LogP contribution in [-0.2, 0) is 6.54 Å². The molecule has 1 aliphatic rings. The molecule has 0 aliphatic heterocycles. The smallest absolute Gasteiger partial charge is 0.384 e. The molecule has 1 saturated carbocycles. The first-order chi connectivity index (χ1) is 9.24. The van der Waals surface area contributed by atoms with Gasteiger partial charge in [-0.05, 0) is 36.6 Å². The molecule has 0 bridgehead atoms. The summed E-state index contributed by atoms with van der Waals surface area (Å²) >= 11 is 0. The average Bonchev–Trinajstić information content (AvgIpc) is 3.08. The standard InChI is InChI=1S/C13H15F4N3/c14-10-4-8(3-9(5-10)12(18)19)6-20(11-1-2-11)7-13(15,16)17/h3-5,11H,1-2,6-7H2,(H3,18,19). The quantitative estimate of drug-likeness (QED) is 0.497. The van der Waals surface area contributed by atoms with Gasteiger partial charge >= 0.3 is 6.18 Å². The third-order valence-electron chi connectivity index (χ3n) is 3.10. The Morgan fingerprint density at radius 1 is 1.30 bits per heavy atom. The summed E-state index contributed by atoms with van der Waals surface area (Å²) in [6.45, 7) is -1.01. The lowest BCUT2D eigenvalue weighted by molar-refractivity contribution is -0.148. The number of amidine groups is 1. The molecule has 2 rings (SSSR count). The van der Waals surface area contributed by atoms with Crippen molar-refractivity contribution in [2.75, 3.05) is 6.54 Å². The Kier molecular flexibility index (Phi) is 3.99. The zero-order chi connectivity index (χ0) is 14.9. The van der Waals surface area contributed by atoms with Gasteiger partial charge in [0, 0.05) is 18.2 Å². The Hall–Kier alpha value is -1.63. The van der Waals surface area contributed by atoms with Crippen LogP contribution >= 0.6 is 0 Å². The maximum Gasteiger partial charge on any atom is 0.401 e. The van der Waals surface area contributed by atoms with Gasteiger partial charge in [0.15, 0.2) is 0 Å². The van der Waals surface area contributed by atoms with E-state index < -0.39 is 18.5 Å². The Morgan fingerprint density at radius 3 is 2.45 bits per heavy atom. The van der Waals surface area contributed by atoms with E-state index in [1.165, 1.54) is 17.0 Å². The van der Waals surface area contributed by atoms with Gasteiger partial charge in [0.05, 0.1) is 6.54 Å². The molecule has 0 radical (unpaired) electrons. The van der Waals surface area contributed by atoms with Crippen molar-refractivity contribution in [3.63, 3.8) is 0 Å². The largest absolute Gasteiger partial charge is 0.401 e. The summed E-state index contributed by atoms with van der Waals surface area (Å²) in [5.41, 5.74) is 5.86. The number of rotatable bonds is 5. The summed E-state index contributed by atoms with van der Waals surface area (Å²) in [4.78, 5) is 1.29. The van der Waals surface area contributed by atoms with E-state index in [0.717, 1.165) is 18.9 Å². The lowest BCUT2D eigenvalue weighted by Gasteiger charge is -2.23. The van der Waals surface area contributed by atoms with Gasteiger partial charge < -0.3 is 5.73 Å². The van der Waals surface area contributed by atoms with Gasteiger partial charge in [0.2, 0.25) is 0 Å². The number of benzene rings is 1. The molecule has 0 unspecified atom stereocenters. The highest BCUT2D eigenvalue weighted by Crippen LogP contribution is 2.31. The Balaban J connectivity index is 2.16. The molecule has 1 aromatic carbocycles. The third-order valence-corrected chi connectivity index (χ3v) is 3.10. The predicted octanol–water partition coefficient (Wildman–Crippen LogP) is 2.64. The summed E-state index contributed by atoms with van der Waals surface area (Å²) in [5.74, 6) is -0.907. The maximum absolute atomic E-state index is 13.4. The van der Waals surface area contributed by atoms with Crippen molar-refractivity contribution in [1.29, 1.82) is 5.41 Å². The van der Waals surface area contributed by atoms with Crippen molar-refractivity contribution in [2.45, 2.75) is 31.6 Å². The minimum atomic E-state index is -4.28. The minimum absolute atomic E-state index is 0.00220. The number of nitrogen functional groups attached to an aromatic ring is 1. The van der Waals surface area contributed by atoms with E-state index in [-0.39, 0.29) is 24.0 Å². The second-order valence-corrected chi connectivity index (χ2v) is 5.01. The van der Waals surface area contributed by atoms with E-state index in [4.69, 9.17) is 11.1 Å². The second-order valence-electron chi connectivity index (χ2n) is 5.01. The Labute approximate surface area is 113 Å². The number of nitrogens with one attached hydrogen (secondary N) is 1. The van der Waals surface area contributed by atoms with Crippen LogP contribution in [0, 0.1) is 11.2 Å². The molecule has 3 N–H and O–H groups in total. The average molecular weight is 289 g/mol. The topological polar surface area (TPSA) is 53.1 Å². The van der Waals surface area contributed by atoms with E-state index in [9.17, 15) is 17.6 Å². The molecular weight excluding hydrogens is 274 g/mol. The van der Waals surface area contributed by atoms with Crippen LogP contribution in [0.3, 0.4) is 0 Å². The van der Waals surface area contributed by atoms with Gasteiger partial charge in [0.25, 0.3) is 0 Å². The molecule has 7 heteroatoms. The van der Waals surface area contributed by atoms with Crippen molar-refractivity contribution in [3.05, 3.63) is 35.1 Å². The van der Waals surface area contributed by atoms with Crippen LogP contribution in [0.25, 0.3) is 0 Å². The highest BCUT2D eigenvalue weighted by Gasteiger charge is 2.37. The molecule has 0 aromatic heterocycles. The first-order valence-electron chi connectivity index (χ1n) is 6.19. The highest BCUT2D eigenvalue weighted by atomic mass is 19.4. The number of hydrogen-bond donors (Lipinski definition) is 2. The van der Waals surface area contributed by atoms with Crippen LogP contribution in [0.5, 0.6) is 0 Å². The lowest BCUT2D eigenvalue weighted by atomic mass is 10.1. The van der Waals surface area contributed by atoms with Crippen LogP contribution in [0.2, 0.25) is 0 Å². The van der Waals surface area contributed by atoms with E-state index in [1.807, 2.05) is 0 Å².